The predicted molar refractivity (Wildman–Crippen MR) is 58.2 cm³/mol. The van der Waals surface area contributed by atoms with Crippen LogP contribution < -0.4 is 0 Å². The number of aryl methyl sites for hydroxylation is 2. The van der Waals surface area contributed by atoms with Crippen molar-refractivity contribution in [3.8, 4) is 0 Å². The molecule has 1 N–H and O–H groups in total. The zero-order chi connectivity index (χ0) is 11.0. The van der Waals surface area contributed by atoms with Crippen molar-refractivity contribution < 1.29 is 5.11 Å². The molecule has 0 saturated heterocycles. The number of aliphatic hydroxyl groups is 1. The van der Waals surface area contributed by atoms with E-state index >= 15 is 0 Å². The monoisotopic (exact) mass is 270 g/mol. The minimum Gasteiger partial charge on any atom is -0.380 e. The largest absolute Gasteiger partial charge is 0.380 e. The van der Waals surface area contributed by atoms with Crippen LogP contribution in [0.1, 0.15) is 17.5 Å². The van der Waals surface area contributed by atoms with Crippen molar-refractivity contribution in [3.05, 3.63) is 34.3 Å². The Balaban J connectivity index is 2.40. The van der Waals surface area contributed by atoms with Crippen LogP contribution in [0.4, 0.5) is 0 Å². The Morgan fingerprint density at radius 2 is 2.20 bits per heavy atom. The van der Waals surface area contributed by atoms with Gasteiger partial charge in [-0.25, -0.2) is 0 Å². The molecule has 0 aromatic carbocycles. The number of aliphatic hydroxyl groups excluding tert-OH is 1. The third-order valence-corrected chi connectivity index (χ3v) is 2.82. The number of halogens is 1. The molecule has 2 aromatic heterocycles. The first-order valence-corrected chi connectivity index (χ1v) is 5.24. The summed E-state index contributed by atoms with van der Waals surface area (Å²) in [5.74, 6) is 0. The summed E-state index contributed by atoms with van der Waals surface area (Å²) in [6, 6.07) is 1.78. The van der Waals surface area contributed by atoms with Gasteiger partial charge in [-0.1, -0.05) is 0 Å². The molecule has 2 heterocycles. The Hall–Kier alpha value is -1.14. The standard InChI is InChI=1S/C9H11BrN4O/c1-13-4-3-7(12-13)9(15)8-6(10)5-11-14(8)2/h3-5,9,15H,1-2H3. The van der Waals surface area contributed by atoms with Gasteiger partial charge in [0.05, 0.1) is 22.1 Å². The van der Waals surface area contributed by atoms with Gasteiger partial charge in [0.2, 0.25) is 0 Å². The van der Waals surface area contributed by atoms with Crippen LogP contribution in [0.2, 0.25) is 0 Å². The number of hydrogen-bond donors (Lipinski definition) is 1. The maximum absolute atomic E-state index is 10.1. The van der Waals surface area contributed by atoms with Gasteiger partial charge in [0.15, 0.2) is 0 Å². The van der Waals surface area contributed by atoms with Gasteiger partial charge in [0, 0.05) is 20.3 Å². The minimum atomic E-state index is -0.756. The number of aromatic nitrogens is 4. The van der Waals surface area contributed by atoms with Crippen LogP contribution in [0.25, 0.3) is 0 Å². The van der Waals surface area contributed by atoms with E-state index in [0.717, 1.165) is 4.47 Å². The van der Waals surface area contributed by atoms with Crippen LogP contribution in [0, 0.1) is 0 Å². The van der Waals surface area contributed by atoms with Gasteiger partial charge in [-0.2, -0.15) is 10.2 Å². The molecule has 2 rings (SSSR count). The summed E-state index contributed by atoms with van der Waals surface area (Å²) in [5.41, 5.74) is 1.32. The fraction of sp³-hybridized carbons (Fsp3) is 0.333. The summed E-state index contributed by atoms with van der Waals surface area (Å²) in [7, 11) is 3.60. The zero-order valence-corrected chi connectivity index (χ0v) is 10.0. The topological polar surface area (TPSA) is 55.9 Å². The second-order valence-electron chi connectivity index (χ2n) is 3.32. The van der Waals surface area contributed by atoms with Crippen LogP contribution in [0.5, 0.6) is 0 Å². The third kappa shape index (κ3) is 1.82. The molecule has 80 valence electrons. The van der Waals surface area contributed by atoms with Crippen molar-refractivity contribution in [3.63, 3.8) is 0 Å². The number of hydrogen-bond acceptors (Lipinski definition) is 3. The molecule has 0 aliphatic carbocycles. The Morgan fingerprint density at radius 3 is 2.67 bits per heavy atom. The first-order valence-electron chi connectivity index (χ1n) is 4.44. The highest BCUT2D eigenvalue weighted by Gasteiger charge is 2.19. The van der Waals surface area contributed by atoms with Crippen molar-refractivity contribution in [2.75, 3.05) is 0 Å². The molecule has 0 saturated carbocycles. The lowest BCUT2D eigenvalue weighted by Crippen LogP contribution is -2.08. The van der Waals surface area contributed by atoms with Crippen LogP contribution >= 0.6 is 15.9 Å². The van der Waals surface area contributed by atoms with E-state index < -0.39 is 6.10 Å². The van der Waals surface area contributed by atoms with Gasteiger partial charge in [-0.15, -0.1) is 0 Å². The van der Waals surface area contributed by atoms with E-state index in [1.54, 1.807) is 34.9 Å². The molecular weight excluding hydrogens is 260 g/mol. The Labute approximate surface area is 95.5 Å². The van der Waals surface area contributed by atoms with Gasteiger partial charge in [0.1, 0.15) is 6.10 Å². The summed E-state index contributed by atoms with van der Waals surface area (Å²) in [5, 5.41) is 18.3. The summed E-state index contributed by atoms with van der Waals surface area (Å²) in [6.45, 7) is 0. The van der Waals surface area contributed by atoms with Crippen molar-refractivity contribution in [1.29, 1.82) is 0 Å². The van der Waals surface area contributed by atoms with Crippen molar-refractivity contribution in [1.82, 2.24) is 19.6 Å². The maximum Gasteiger partial charge on any atom is 0.140 e. The molecule has 0 fully saturated rings. The quantitative estimate of drug-likeness (QED) is 0.886. The Morgan fingerprint density at radius 1 is 1.47 bits per heavy atom. The molecule has 1 atom stereocenters. The SMILES string of the molecule is Cn1ccc(C(O)c2c(Br)cnn2C)n1. The molecule has 0 radical (unpaired) electrons. The van der Waals surface area contributed by atoms with Gasteiger partial charge in [-0.05, 0) is 22.0 Å². The maximum atomic E-state index is 10.1. The average molecular weight is 271 g/mol. The van der Waals surface area contributed by atoms with Gasteiger partial charge >= 0.3 is 0 Å². The number of nitrogens with zero attached hydrogens (tertiary/aromatic N) is 4. The molecule has 5 nitrogen and oxygen atoms in total. The van der Waals surface area contributed by atoms with Gasteiger partial charge in [-0.3, -0.25) is 9.36 Å². The normalized spacial score (nSPS) is 13.1. The van der Waals surface area contributed by atoms with Crippen molar-refractivity contribution in [2.24, 2.45) is 14.1 Å². The van der Waals surface area contributed by atoms with Crippen molar-refractivity contribution in [2.45, 2.75) is 6.10 Å². The number of rotatable bonds is 2. The Kier molecular flexibility index (Phi) is 2.62. The van der Waals surface area contributed by atoms with Gasteiger partial charge in [0.25, 0.3) is 0 Å². The van der Waals surface area contributed by atoms with E-state index in [4.69, 9.17) is 0 Å². The van der Waals surface area contributed by atoms with E-state index in [1.807, 2.05) is 7.05 Å². The molecule has 2 aromatic rings. The molecular formula is C9H11BrN4O. The van der Waals surface area contributed by atoms with Crippen LogP contribution in [0.15, 0.2) is 22.9 Å². The first kappa shape index (κ1) is 10.4. The summed E-state index contributed by atoms with van der Waals surface area (Å²) < 4.78 is 4.06. The lowest BCUT2D eigenvalue weighted by atomic mass is 10.2. The first-order chi connectivity index (χ1) is 7.09. The highest BCUT2D eigenvalue weighted by atomic mass is 79.9. The second kappa shape index (κ2) is 3.79. The van der Waals surface area contributed by atoms with Crippen LogP contribution in [-0.2, 0) is 14.1 Å². The molecule has 0 aliphatic heterocycles. The van der Waals surface area contributed by atoms with Crippen LogP contribution in [0.3, 0.4) is 0 Å². The molecule has 0 bridgehead atoms. The van der Waals surface area contributed by atoms with Crippen LogP contribution in [-0.4, -0.2) is 24.7 Å². The van der Waals surface area contributed by atoms with E-state index in [9.17, 15) is 5.11 Å². The fourth-order valence-corrected chi connectivity index (χ4v) is 2.01. The van der Waals surface area contributed by atoms with E-state index in [1.165, 1.54) is 0 Å². The lowest BCUT2D eigenvalue weighted by molar-refractivity contribution is 0.203. The van der Waals surface area contributed by atoms with E-state index in [-0.39, 0.29) is 0 Å². The van der Waals surface area contributed by atoms with Gasteiger partial charge < -0.3 is 5.11 Å². The predicted octanol–water partition coefficient (Wildman–Crippen LogP) is 0.998. The summed E-state index contributed by atoms with van der Waals surface area (Å²) >= 11 is 3.34. The molecule has 0 amide bonds. The molecule has 0 spiro atoms. The molecule has 1 unspecified atom stereocenters. The summed E-state index contributed by atoms with van der Waals surface area (Å²) in [6.07, 6.45) is 2.69. The summed E-state index contributed by atoms with van der Waals surface area (Å²) in [4.78, 5) is 0. The van der Waals surface area contributed by atoms with Crippen molar-refractivity contribution >= 4 is 15.9 Å². The average Bonchev–Trinajstić information content (AvgIpc) is 2.73. The molecule has 0 aliphatic rings. The molecule has 6 heteroatoms. The van der Waals surface area contributed by atoms with E-state index in [0.29, 0.717) is 11.4 Å². The zero-order valence-electron chi connectivity index (χ0n) is 8.42. The second-order valence-corrected chi connectivity index (χ2v) is 4.17. The fourth-order valence-electron chi connectivity index (χ4n) is 1.45. The highest BCUT2D eigenvalue weighted by Crippen LogP contribution is 2.26. The Bertz CT molecular complexity index is 457. The highest BCUT2D eigenvalue weighted by molar-refractivity contribution is 9.10. The lowest BCUT2D eigenvalue weighted by Gasteiger charge is -2.08. The smallest absolute Gasteiger partial charge is 0.140 e. The molecule has 15 heavy (non-hydrogen) atoms. The minimum absolute atomic E-state index is 0.613. The third-order valence-electron chi connectivity index (χ3n) is 2.21. The van der Waals surface area contributed by atoms with E-state index in [2.05, 4.69) is 26.1 Å².